The van der Waals surface area contributed by atoms with Crippen molar-refractivity contribution in [2.24, 2.45) is 5.10 Å². The summed E-state index contributed by atoms with van der Waals surface area (Å²) in [5, 5.41) is 13.7. The number of benzene rings is 1. The number of carbonyl (C=O) groups excluding carboxylic acids is 1. The fourth-order valence-corrected chi connectivity index (χ4v) is 2.09. The molecule has 0 aliphatic rings. The topological polar surface area (TPSA) is 91.9 Å². The molecule has 2 rings (SSSR count). The van der Waals surface area contributed by atoms with Gasteiger partial charge < -0.3 is 9.52 Å². The Balaban J connectivity index is 1.99. The van der Waals surface area contributed by atoms with Crippen LogP contribution in [0.4, 0.5) is 0 Å². The number of aromatic hydroxyl groups is 1. The zero-order chi connectivity index (χ0) is 16.8. The second-order valence-corrected chi connectivity index (χ2v) is 5.12. The molecule has 1 aromatic heterocycles. The minimum Gasteiger partial charge on any atom is -0.507 e. The van der Waals surface area contributed by atoms with E-state index in [-0.39, 0.29) is 29.4 Å². The molecule has 0 bridgehead atoms. The number of amides is 1. The van der Waals surface area contributed by atoms with E-state index in [1.165, 1.54) is 13.0 Å². The predicted molar refractivity (Wildman–Crippen MR) is 86.5 cm³/mol. The first kappa shape index (κ1) is 16.5. The Morgan fingerprint density at radius 2 is 2.00 bits per heavy atom. The Morgan fingerprint density at radius 3 is 2.65 bits per heavy atom. The number of rotatable bonds is 5. The quantitative estimate of drug-likeness (QED) is 0.653. The molecule has 0 aliphatic heterocycles. The highest BCUT2D eigenvalue weighted by atomic mass is 16.4. The normalized spacial score (nSPS) is 11.3. The average molecular weight is 314 g/mol. The molecule has 2 N–H and O–H groups in total. The van der Waals surface area contributed by atoms with Gasteiger partial charge in [-0.05, 0) is 25.8 Å². The van der Waals surface area contributed by atoms with Gasteiger partial charge in [0.2, 0.25) is 5.91 Å². The molecule has 0 aliphatic carbocycles. The number of hydrogen-bond donors (Lipinski definition) is 2. The van der Waals surface area contributed by atoms with Crippen molar-refractivity contribution >= 4 is 11.6 Å². The number of nitrogens with one attached hydrogen (secondary N) is 1. The molecular weight excluding hydrogens is 296 g/mol. The third-order valence-electron chi connectivity index (χ3n) is 3.25. The fraction of sp³-hybridized carbons (Fsp3) is 0.235. The van der Waals surface area contributed by atoms with E-state index >= 15 is 0 Å². The molecular formula is C17H18N2O4. The van der Waals surface area contributed by atoms with Crippen LogP contribution in [0.25, 0.3) is 0 Å². The molecule has 6 heteroatoms. The molecule has 2 aromatic rings. The molecule has 0 atom stereocenters. The first-order valence-corrected chi connectivity index (χ1v) is 7.18. The van der Waals surface area contributed by atoms with Crippen molar-refractivity contribution in [2.45, 2.75) is 26.7 Å². The van der Waals surface area contributed by atoms with Gasteiger partial charge in [0.15, 0.2) is 0 Å². The van der Waals surface area contributed by atoms with Gasteiger partial charge in [0.1, 0.15) is 17.1 Å². The van der Waals surface area contributed by atoms with Gasteiger partial charge in [-0.25, -0.2) is 10.2 Å². The molecule has 0 radical (unpaired) electrons. The minimum absolute atomic E-state index is 0.0565. The maximum Gasteiger partial charge on any atom is 0.348 e. The Labute approximate surface area is 133 Å². The maximum absolute atomic E-state index is 11.8. The van der Waals surface area contributed by atoms with E-state index in [0.29, 0.717) is 12.2 Å². The van der Waals surface area contributed by atoms with Crippen LogP contribution in [0.1, 0.15) is 30.2 Å². The first-order chi connectivity index (χ1) is 11.0. The first-order valence-electron chi connectivity index (χ1n) is 7.18. The molecule has 1 heterocycles. The largest absolute Gasteiger partial charge is 0.507 e. The van der Waals surface area contributed by atoms with Crippen LogP contribution in [-0.4, -0.2) is 16.7 Å². The number of hydrazone groups is 1. The Kier molecular flexibility index (Phi) is 5.30. The second-order valence-electron chi connectivity index (χ2n) is 5.12. The number of carbonyl (C=O) groups is 1. The van der Waals surface area contributed by atoms with Gasteiger partial charge in [0.05, 0.1) is 5.71 Å². The Morgan fingerprint density at radius 1 is 1.30 bits per heavy atom. The van der Waals surface area contributed by atoms with Crippen LogP contribution in [0.3, 0.4) is 0 Å². The molecule has 0 fully saturated rings. The van der Waals surface area contributed by atoms with Gasteiger partial charge in [-0.1, -0.05) is 30.3 Å². The smallest absolute Gasteiger partial charge is 0.348 e. The van der Waals surface area contributed by atoms with E-state index in [1.807, 2.05) is 30.3 Å². The molecule has 1 aromatic carbocycles. The predicted octanol–water partition coefficient (Wildman–Crippen LogP) is 2.13. The molecule has 120 valence electrons. The van der Waals surface area contributed by atoms with Crippen molar-refractivity contribution < 1.29 is 14.3 Å². The summed E-state index contributed by atoms with van der Waals surface area (Å²) in [7, 11) is 0. The van der Waals surface area contributed by atoms with Crippen LogP contribution >= 0.6 is 0 Å². The third kappa shape index (κ3) is 4.54. The number of aryl methyl sites for hydroxylation is 2. The standard InChI is InChI=1S/C17H18N2O4/c1-11-10-14(20)16(17(22)23-11)12(2)18-19-15(21)9-8-13-6-4-3-5-7-13/h3-7,10,20H,8-9H2,1-2H3,(H,19,21). The van der Waals surface area contributed by atoms with E-state index in [4.69, 9.17) is 4.42 Å². The van der Waals surface area contributed by atoms with E-state index in [2.05, 4.69) is 10.5 Å². The summed E-state index contributed by atoms with van der Waals surface area (Å²) in [6.45, 7) is 3.07. The SMILES string of the molecule is CC(=NNC(=O)CCc1ccccc1)c1c(O)cc(C)oc1=O. The van der Waals surface area contributed by atoms with Gasteiger partial charge in [-0.15, -0.1) is 0 Å². The minimum atomic E-state index is -0.692. The molecule has 1 amide bonds. The van der Waals surface area contributed by atoms with Crippen molar-refractivity contribution in [2.75, 3.05) is 0 Å². The number of nitrogens with zero attached hydrogens (tertiary/aromatic N) is 1. The van der Waals surface area contributed by atoms with Gasteiger partial charge in [0.25, 0.3) is 0 Å². The molecule has 0 saturated heterocycles. The van der Waals surface area contributed by atoms with Crippen molar-refractivity contribution in [3.63, 3.8) is 0 Å². The van der Waals surface area contributed by atoms with E-state index in [9.17, 15) is 14.7 Å². The molecule has 23 heavy (non-hydrogen) atoms. The summed E-state index contributed by atoms with van der Waals surface area (Å²) in [4.78, 5) is 23.5. The summed E-state index contributed by atoms with van der Waals surface area (Å²) >= 11 is 0. The van der Waals surface area contributed by atoms with Gasteiger partial charge >= 0.3 is 5.63 Å². The van der Waals surface area contributed by atoms with Crippen molar-refractivity contribution in [3.8, 4) is 5.75 Å². The Hall–Kier alpha value is -2.89. The van der Waals surface area contributed by atoms with E-state index < -0.39 is 5.63 Å². The molecule has 0 spiro atoms. The van der Waals surface area contributed by atoms with Crippen molar-refractivity contribution in [1.29, 1.82) is 0 Å². The summed E-state index contributed by atoms with van der Waals surface area (Å²) < 4.78 is 4.91. The summed E-state index contributed by atoms with van der Waals surface area (Å²) in [5.74, 6) is -0.196. The third-order valence-corrected chi connectivity index (χ3v) is 3.25. The highest BCUT2D eigenvalue weighted by molar-refractivity contribution is 6.01. The van der Waals surface area contributed by atoms with Crippen molar-refractivity contribution in [1.82, 2.24) is 5.43 Å². The summed E-state index contributed by atoms with van der Waals surface area (Å²) in [6, 6.07) is 10.9. The number of hydrogen-bond acceptors (Lipinski definition) is 5. The van der Waals surface area contributed by atoms with Crippen LogP contribution in [-0.2, 0) is 11.2 Å². The zero-order valence-electron chi connectivity index (χ0n) is 13.0. The van der Waals surface area contributed by atoms with Gasteiger partial charge in [0, 0.05) is 12.5 Å². The highest BCUT2D eigenvalue weighted by Gasteiger charge is 2.13. The van der Waals surface area contributed by atoms with Crippen LogP contribution in [0.2, 0.25) is 0 Å². The molecule has 0 saturated carbocycles. The average Bonchev–Trinajstić information content (AvgIpc) is 2.51. The van der Waals surface area contributed by atoms with Crippen LogP contribution < -0.4 is 11.1 Å². The van der Waals surface area contributed by atoms with Crippen molar-refractivity contribution in [3.05, 3.63) is 63.7 Å². The summed E-state index contributed by atoms with van der Waals surface area (Å²) in [5.41, 5.74) is 2.87. The summed E-state index contributed by atoms with van der Waals surface area (Å²) in [6.07, 6.45) is 0.869. The lowest BCUT2D eigenvalue weighted by atomic mass is 10.1. The lowest BCUT2D eigenvalue weighted by Crippen LogP contribution is -2.22. The van der Waals surface area contributed by atoms with Crippen LogP contribution in [0, 0.1) is 6.92 Å². The van der Waals surface area contributed by atoms with E-state index in [0.717, 1.165) is 5.56 Å². The molecule has 0 unspecified atom stereocenters. The van der Waals surface area contributed by atoms with Gasteiger partial charge in [-0.3, -0.25) is 4.79 Å². The zero-order valence-corrected chi connectivity index (χ0v) is 13.0. The second kappa shape index (κ2) is 7.40. The van der Waals surface area contributed by atoms with Crippen LogP contribution in [0.5, 0.6) is 5.75 Å². The Bertz CT molecular complexity index is 779. The monoisotopic (exact) mass is 314 g/mol. The fourth-order valence-electron chi connectivity index (χ4n) is 2.09. The van der Waals surface area contributed by atoms with E-state index in [1.54, 1.807) is 6.92 Å². The molecule has 6 nitrogen and oxygen atoms in total. The lowest BCUT2D eigenvalue weighted by Gasteiger charge is -2.04. The highest BCUT2D eigenvalue weighted by Crippen LogP contribution is 2.15. The lowest BCUT2D eigenvalue weighted by molar-refractivity contribution is -0.121. The maximum atomic E-state index is 11.8. The van der Waals surface area contributed by atoms with Gasteiger partial charge in [-0.2, -0.15) is 5.10 Å². The van der Waals surface area contributed by atoms with Crippen LogP contribution in [0.15, 0.2) is 50.7 Å².